The molecule has 2 bridgehead atoms. The molecular formula is C25H32N2. The third-order valence-electron chi connectivity index (χ3n) is 7.06. The van der Waals surface area contributed by atoms with Gasteiger partial charge in [-0.2, -0.15) is 0 Å². The second-order valence-corrected chi connectivity index (χ2v) is 10.2. The quantitative estimate of drug-likeness (QED) is 0.538. The Morgan fingerprint density at radius 1 is 0.963 bits per heavy atom. The topological polar surface area (TPSA) is 8.17 Å². The van der Waals surface area contributed by atoms with Crippen molar-refractivity contribution in [2.75, 3.05) is 6.54 Å². The van der Waals surface area contributed by atoms with E-state index < -0.39 is 0 Å². The minimum Gasteiger partial charge on any atom is -0.341 e. The molecule has 1 aliphatic carbocycles. The molecule has 0 N–H and O–H groups in total. The normalized spacial score (nSPS) is 27.6. The Labute approximate surface area is 163 Å². The molecular weight excluding hydrogens is 328 g/mol. The maximum atomic E-state index is 2.77. The van der Waals surface area contributed by atoms with Crippen molar-refractivity contribution in [3.8, 4) is 0 Å². The molecule has 142 valence electrons. The van der Waals surface area contributed by atoms with E-state index in [9.17, 15) is 0 Å². The molecule has 2 heteroatoms. The molecule has 2 aliphatic rings. The fraction of sp³-hybridized carbons (Fsp3) is 0.520. The lowest BCUT2D eigenvalue weighted by Crippen LogP contribution is -2.34. The van der Waals surface area contributed by atoms with E-state index in [0.717, 1.165) is 19.1 Å². The lowest BCUT2D eigenvalue weighted by atomic mass is 9.65. The smallest absolute Gasteiger partial charge is 0.0491 e. The Morgan fingerprint density at radius 2 is 1.74 bits per heavy atom. The summed E-state index contributed by atoms with van der Waals surface area (Å²) in [5, 5.41) is 2.81. The molecule has 5 rings (SSSR count). The van der Waals surface area contributed by atoms with Crippen LogP contribution in [0.15, 0.2) is 42.5 Å². The minimum atomic E-state index is 0.491. The van der Waals surface area contributed by atoms with Crippen molar-refractivity contribution in [1.29, 1.82) is 0 Å². The number of aromatic nitrogens is 1. The predicted octanol–water partition coefficient (Wildman–Crippen LogP) is 6.22. The minimum absolute atomic E-state index is 0.491. The van der Waals surface area contributed by atoms with Crippen molar-refractivity contribution in [3.05, 3.63) is 48.0 Å². The maximum Gasteiger partial charge on any atom is 0.0491 e. The second kappa shape index (κ2) is 5.85. The zero-order chi connectivity index (χ0) is 18.8. The molecule has 3 aromatic rings. The van der Waals surface area contributed by atoms with Gasteiger partial charge in [0.2, 0.25) is 0 Å². The summed E-state index contributed by atoms with van der Waals surface area (Å²) in [6, 6.07) is 16.8. The average Bonchev–Trinajstić information content (AvgIpc) is 3.04. The van der Waals surface area contributed by atoms with Crippen LogP contribution in [0.25, 0.3) is 21.8 Å². The highest BCUT2D eigenvalue weighted by atomic mass is 15.2. The Hall–Kier alpha value is -1.80. The highest BCUT2D eigenvalue weighted by Crippen LogP contribution is 2.52. The zero-order valence-electron chi connectivity index (χ0n) is 17.3. The number of aryl methyl sites for hydroxylation is 1. The van der Waals surface area contributed by atoms with E-state index in [2.05, 4.69) is 79.6 Å². The van der Waals surface area contributed by atoms with Crippen LogP contribution in [0.4, 0.5) is 0 Å². The molecule has 1 saturated carbocycles. The second-order valence-electron chi connectivity index (χ2n) is 10.2. The molecule has 2 unspecified atom stereocenters. The van der Waals surface area contributed by atoms with Gasteiger partial charge in [-0.15, -0.1) is 0 Å². The van der Waals surface area contributed by atoms with E-state index in [1.165, 1.54) is 53.2 Å². The predicted molar refractivity (Wildman–Crippen MR) is 115 cm³/mol. The van der Waals surface area contributed by atoms with Gasteiger partial charge in [-0.25, -0.2) is 0 Å². The highest BCUT2D eigenvalue weighted by Gasteiger charge is 2.49. The van der Waals surface area contributed by atoms with Crippen LogP contribution >= 0.6 is 0 Å². The molecule has 2 nitrogen and oxygen atoms in total. The highest BCUT2D eigenvalue weighted by molar-refractivity contribution is 6.08. The van der Waals surface area contributed by atoms with E-state index in [-0.39, 0.29) is 0 Å². The summed E-state index contributed by atoms with van der Waals surface area (Å²) in [5.41, 5.74) is 5.20. The number of likely N-dealkylation sites (tertiary alicyclic amines) is 1. The Bertz CT molecular complexity index is 1010. The summed E-state index contributed by atoms with van der Waals surface area (Å²) in [5.74, 6) is 0. The molecule has 0 amide bonds. The van der Waals surface area contributed by atoms with Gasteiger partial charge in [-0.05, 0) is 60.8 Å². The number of benzene rings is 2. The molecule has 1 aliphatic heterocycles. The van der Waals surface area contributed by atoms with E-state index in [0.29, 0.717) is 10.8 Å². The van der Waals surface area contributed by atoms with Crippen LogP contribution in [0, 0.1) is 10.8 Å². The van der Waals surface area contributed by atoms with Crippen LogP contribution < -0.4 is 0 Å². The maximum absolute atomic E-state index is 2.77. The molecule has 0 radical (unpaired) electrons. The first-order valence-electron chi connectivity index (χ1n) is 10.6. The van der Waals surface area contributed by atoms with Crippen molar-refractivity contribution in [3.63, 3.8) is 0 Å². The molecule has 1 aromatic heterocycles. The van der Waals surface area contributed by atoms with Gasteiger partial charge in [0.1, 0.15) is 0 Å². The van der Waals surface area contributed by atoms with Crippen molar-refractivity contribution >= 4 is 21.8 Å². The number of para-hydroxylation sites is 1. The number of hydrogen-bond donors (Lipinski definition) is 0. The summed E-state index contributed by atoms with van der Waals surface area (Å²) < 4.78 is 2.45. The summed E-state index contributed by atoms with van der Waals surface area (Å²) in [6.45, 7) is 13.1. The molecule has 0 spiro atoms. The van der Waals surface area contributed by atoms with Crippen LogP contribution in [0.5, 0.6) is 0 Å². The first-order chi connectivity index (χ1) is 12.9. The Balaban J connectivity index is 1.51. The van der Waals surface area contributed by atoms with Crippen molar-refractivity contribution < 1.29 is 0 Å². The zero-order valence-corrected chi connectivity index (χ0v) is 17.3. The van der Waals surface area contributed by atoms with Crippen LogP contribution in [0.1, 0.15) is 52.5 Å². The monoisotopic (exact) mass is 360 g/mol. The standard InChI is InChI=1S/C25H32N2/c1-5-27-22-9-7-6-8-20(22)21-12-18(10-11-23(21)27)15-26-17-25(4)14-19(26)13-24(2,3)16-25/h6-12,19H,5,13-17H2,1-4H3. The lowest BCUT2D eigenvalue weighted by Gasteiger charge is -2.40. The van der Waals surface area contributed by atoms with E-state index >= 15 is 0 Å². The molecule has 2 heterocycles. The van der Waals surface area contributed by atoms with E-state index in [4.69, 9.17) is 0 Å². The van der Waals surface area contributed by atoms with Crippen molar-refractivity contribution in [1.82, 2.24) is 9.47 Å². The third-order valence-corrected chi connectivity index (χ3v) is 7.06. The van der Waals surface area contributed by atoms with Crippen LogP contribution in [-0.2, 0) is 13.1 Å². The summed E-state index contributed by atoms with van der Waals surface area (Å²) in [6.07, 6.45) is 4.10. The van der Waals surface area contributed by atoms with Gasteiger partial charge in [0.15, 0.2) is 0 Å². The molecule has 1 saturated heterocycles. The Morgan fingerprint density at radius 3 is 2.56 bits per heavy atom. The van der Waals surface area contributed by atoms with Crippen molar-refractivity contribution in [2.45, 2.75) is 66.1 Å². The van der Waals surface area contributed by atoms with Crippen LogP contribution in [-0.4, -0.2) is 22.1 Å². The SMILES string of the molecule is CCn1c2ccccc2c2cc(CN3CC4(C)CC3CC(C)(C)C4)ccc21. The van der Waals surface area contributed by atoms with Gasteiger partial charge in [-0.3, -0.25) is 4.90 Å². The van der Waals surface area contributed by atoms with Gasteiger partial charge >= 0.3 is 0 Å². The first-order valence-corrected chi connectivity index (χ1v) is 10.6. The van der Waals surface area contributed by atoms with E-state index in [1.807, 2.05) is 0 Å². The van der Waals surface area contributed by atoms with Crippen LogP contribution in [0.3, 0.4) is 0 Å². The number of rotatable bonds is 3. The lowest BCUT2D eigenvalue weighted by molar-refractivity contribution is 0.126. The molecule has 2 fully saturated rings. The number of fused-ring (bicyclic) bond motifs is 5. The fourth-order valence-electron chi connectivity index (χ4n) is 6.54. The third kappa shape index (κ3) is 2.81. The van der Waals surface area contributed by atoms with Gasteiger partial charge in [0.25, 0.3) is 0 Å². The van der Waals surface area contributed by atoms with Crippen molar-refractivity contribution in [2.24, 2.45) is 10.8 Å². The first kappa shape index (κ1) is 17.3. The fourth-order valence-corrected chi connectivity index (χ4v) is 6.54. The van der Waals surface area contributed by atoms with E-state index in [1.54, 1.807) is 0 Å². The van der Waals surface area contributed by atoms with Gasteiger partial charge < -0.3 is 4.57 Å². The largest absolute Gasteiger partial charge is 0.341 e. The Kier molecular flexibility index (Phi) is 3.75. The molecule has 2 aromatic carbocycles. The van der Waals surface area contributed by atoms with Gasteiger partial charge in [0, 0.05) is 47.5 Å². The van der Waals surface area contributed by atoms with Crippen LogP contribution in [0.2, 0.25) is 0 Å². The average molecular weight is 361 g/mol. The number of hydrogen-bond acceptors (Lipinski definition) is 1. The summed E-state index contributed by atoms with van der Waals surface area (Å²) >= 11 is 0. The van der Waals surface area contributed by atoms with Gasteiger partial charge in [-0.1, -0.05) is 45.0 Å². The molecule has 2 atom stereocenters. The molecule has 27 heavy (non-hydrogen) atoms. The summed E-state index contributed by atoms with van der Waals surface area (Å²) in [7, 11) is 0. The summed E-state index contributed by atoms with van der Waals surface area (Å²) in [4.78, 5) is 2.77. The number of nitrogens with zero attached hydrogens (tertiary/aromatic N) is 2. The van der Waals surface area contributed by atoms with Gasteiger partial charge in [0.05, 0.1) is 0 Å².